The van der Waals surface area contributed by atoms with Gasteiger partial charge < -0.3 is 9.72 Å². The molecule has 5 nitrogen and oxygen atoms in total. The minimum Gasteiger partial charge on any atom is -0.497 e. The maximum Gasteiger partial charge on any atom is 0.261 e. The number of carbonyl (C=O) groups excluding carboxylic acids is 2. The molecule has 4 rings (SSSR count). The number of H-pyrrole nitrogens is 1. The number of hydrogen-bond acceptors (Lipinski definition) is 3. The molecule has 0 fully saturated rings. The number of hydrogen-bond donors (Lipinski definition) is 1. The van der Waals surface area contributed by atoms with E-state index in [0.717, 1.165) is 28.3 Å². The van der Waals surface area contributed by atoms with Crippen LogP contribution >= 0.6 is 0 Å². The van der Waals surface area contributed by atoms with Gasteiger partial charge in [-0.15, -0.1) is 0 Å². The number of rotatable bonds is 4. The Balaban J connectivity index is 1.77. The molecule has 2 amide bonds. The van der Waals surface area contributed by atoms with Gasteiger partial charge in [0.1, 0.15) is 5.75 Å². The molecule has 0 spiro atoms. The fourth-order valence-corrected chi connectivity index (χ4v) is 3.65. The topological polar surface area (TPSA) is 62.4 Å². The standard InChI is InChI=1S/C24H22N2O3/c1-15-12-18(16(2)25-15)13-22-20-6-4-5-7-21(20)23(27)26(24(22)28)14-17-8-10-19(29-3)11-9-17/h4-13,25H,14H2,1-3H3/b22-13-. The molecule has 0 aliphatic carbocycles. The van der Waals surface area contributed by atoms with E-state index in [2.05, 4.69) is 4.98 Å². The predicted octanol–water partition coefficient (Wildman–Crippen LogP) is 4.36. The zero-order chi connectivity index (χ0) is 20.5. The Labute approximate surface area is 169 Å². The third-order valence-corrected chi connectivity index (χ3v) is 5.16. The SMILES string of the molecule is COc1ccc(CN2C(=O)/C(=C\c3cc(C)[nH]c3C)c3ccccc3C2=O)cc1. The largest absolute Gasteiger partial charge is 0.497 e. The molecule has 1 aliphatic rings. The third-order valence-electron chi connectivity index (χ3n) is 5.16. The third kappa shape index (κ3) is 3.47. The summed E-state index contributed by atoms with van der Waals surface area (Å²) in [7, 11) is 1.60. The van der Waals surface area contributed by atoms with Crippen LogP contribution in [0.15, 0.2) is 54.6 Å². The molecule has 0 unspecified atom stereocenters. The normalized spacial score (nSPS) is 15.0. The number of nitrogens with zero attached hydrogens (tertiary/aromatic N) is 1. The lowest BCUT2D eigenvalue weighted by Gasteiger charge is -2.28. The van der Waals surface area contributed by atoms with Crippen LogP contribution in [-0.4, -0.2) is 28.8 Å². The Morgan fingerprint density at radius 1 is 0.966 bits per heavy atom. The van der Waals surface area contributed by atoms with E-state index >= 15 is 0 Å². The fraction of sp³-hybridized carbons (Fsp3) is 0.167. The van der Waals surface area contributed by atoms with Crippen molar-refractivity contribution in [1.29, 1.82) is 0 Å². The van der Waals surface area contributed by atoms with Gasteiger partial charge in [-0.05, 0) is 60.9 Å². The minimum atomic E-state index is -0.289. The van der Waals surface area contributed by atoms with E-state index < -0.39 is 0 Å². The van der Waals surface area contributed by atoms with Gasteiger partial charge in [-0.25, -0.2) is 0 Å². The number of aromatic nitrogens is 1. The summed E-state index contributed by atoms with van der Waals surface area (Å²) in [6.07, 6.45) is 1.87. The van der Waals surface area contributed by atoms with E-state index in [9.17, 15) is 9.59 Å². The van der Waals surface area contributed by atoms with Gasteiger partial charge in [-0.2, -0.15) is 0 Å². The molecular weight excluding hydrogens is 364 g/mol. The average molecular weight is 386 g/mol. The number of aryl methyl sites for hydroxylation is 2. The van der Waals surface area contributed by atoms with Crippen molar-refractivity contribution < 1.29 is 14.3 Å². The lowest BCUT2D eigenvalue weighted by molar-refractivity contribution is -0.123. The number of fused-ring (bicyclic) bond motifs is 1. The van der Waals surface area contributed by atoms with Gasteiger partial charge in [0.15, 0.2) is 0 Å². The summed E-state index contributed by atoms with van der Waals surface area (Å²) >= 11 is 0. The van der Waals surface area contributed by atoms with Crippen molar-refractivity contribution in [1.82, 2.24) is 9.88 Å². The van der Waals surface area contributed by atoms with Crippen molar-refractivity contribution >= 4 is 23.5 Å². The van der Waals surface area contributed by atoms with Gasteiger partial charge in [-0.1, -0.05) is 30.3 Å². The average Bonchev–Trinajstić information content (AvgIpc) is 3.05. The Morgan fingerprint density at radius 2 is 1.66 bits per heavy atom. The molecule has 29 heavy (non-hydrogen) atoms. The molecule has 1 N–H and O–H groups in total. The van der Waals surface area contributed by atoms with Gasteiger partial charge in [0, 0.05) is 22.5 Å². The van der Waals surface area contributed by atoms with E-state index in [1.165, 1.54) is 4.90 Å². The Hall–Kier alpha value is -3.60. The molecule has 146 valence electrons. The molecule has 0 bridgehead atoms. The first-order valence-corrected chi connectivity index (χ1v) is 9.44. The molecule has 0 radical (unpaired) electrons. The summed E-state index contributed by atoms with van der Waals surface area (Å²) in [6.45, 7) is 4.16. The molecule has 0 atom stereocenters. The van der Waals surface area contributed by atoms with Crippen LogP contribution in [0.1, 0.15) is 38.4 Å². The number of imide groups is 1. The first kappa shape index (κ1) is 18.7. The molecule has 5 heteroatoms. The van der Waals surface area contributed by atoms with E-state index in [1.54, 1.807) is 13.2 Å². The summed E-state index contributed by atoms with van der Waals surface area (Å²) in [6, 6.07) is 16.7. The molecule has 1 aliphatic heterocycles. The quantitative estimate of drug-likeness (QED) is 0.535. The van der Waals surface area contributed by atoms with Crippen LogP contribution in [0.5, 0.6) is 5.75 Å². The highest BCUT2D eigenvalue weighted by Crippen LogP contribution is 2.32. The maximum absolute atomic E-state index is 13.4. The summed E-state index contributed by atoms with van der Waals surface area (Å²) in [5.41, 5.74) is 5.55. The van der Waals surface area contributed by atoms with Crippen molar-refractivity contribution in [2.75, 3.05) is 7.11 Å². The van der Waals surface area contributed by atoms with Gasteiger partial charge in [-0.3, -0.25) is 14.5 Å². The number of nitrogens with one attached hydrogen (secondary N) is 1. The first-order chi connectivity index (χ1) is 14.0. The number of aromatic amines is 1. The zero-order valence-electron chi connectivity index (χ0n) is 16.7. The van der Waals surface area contributed by atoms with Crippen LogP contribution in [0, 0.1) is 13.8 Å². The molecule has 2 aromatic carbocycles. The molecule has 1 aromatic heterocycles. The van der Waals surface area contributed by atoms with Gasteiger partial charge in [0.05, 0.1) is 13.7 Å². The van der Waals surface area contributed by atoms with Crippen LogP contribution in [0.4, 0.5) is 0 Å². The van der Waals surface area contributed by atoms with Crippen molar-refractivity contribution in [2.24, 2.45) is 0 Å². The monoisotopic (exact) mass is 386 g/mol. The van der Waals surface area contributed by atoms with Gasteiger partial charge >= 0.3 is 0 Å². The summed E-state index contributed by atoms with van der Waals surface area (Å²) in [5.74, 6) is 0.164. The number of ether oxygens (including phenoxy) is 1. The van der Waals surface area contributed by atoms with Crippen LogP contribution in [-0.2, 0) is 11.3 Å². The van der Waals surface area contributed by atoms with Gasteiger partial charge in [0.2, 0.25) is 0 Å². The smallest absolute Gasteiger partial charge is 0.261 e. The van der Waals surface area contributed by atoms with E-state index in [1.807, 2.05) is 68.5 Å². The number of methoxy groups -OCH3 is 1. The number of benzene rings is 2. The minimum absolute atomic E-state index is 0.207. The van der Waals surface area contributed by atoms with Crippen LogP contribution < -0.4 is 4.74 Å². The zero-order valence-corrected chi connectivity index (χ0v) is 16.7. The van der Waals surface area contributed by atoms with Crippen LogP contribution in [0.3, 0.4) is 0 Å². The summed E-state index contributed by atoms with van der Waals surface area (Å²) in [5, 5.41) is 0. The predicted molar refractivity (Wildman–Crippen MR) is 112 cm³/mol. The molecule has 2 heterocycles. The highest BCUT2D eigenvalue weighted by Gasteiger charge is 2.34. The highest BCUT2D eigenvalue weighted by atomic mass is 16.5. The molecular formula is C24H22N2O3. The highest BCUT2D eigenvalue weighted by molar-refractivity contribution is 6.33. The van der Waals surface area contributed by atoms with Crippen LogP contribution in [0.2, 0.25) is 0 Å². The second-order valence-corrected chi connectivity index (χ2v) is 7.18. The second kappa shape index (κ2) is 7.43. The van der Waals surface area contributed by atoms with Crippen LogP contribution in [0.25, 0.3) is 11.6 Å². The lowest BCUT2D eigenvalue weighted by Crippen LogP contribution is -2.41. The number of carbonyl (C=O) groups is 2. The summed E-state index contributed by atoms with van der Waals surface area (Å²) in [4.78, 5) is 31.0. The second-order valence-electron chi connectivity index (χ2n) is 7.18. The van der Waals surface area contributed by atoms with Crippen molar-refractivity contribution in [3.8, 4) is 5.75 Å². The van der Waals surface area contributed by atoms with E-state index in [4.69, 9.17) is 4.74 Å². The Kier molecular flexibility index (Phi) is 4.80. The Bertz CT molecular complexity index is 1120. The molecule has 3 aromatic rings. The van der Waals surface area contributed by atoms with E-state index in [-0.39, 0.29) is 18.4 Å². The van der Waals surface area contributed by atoms with Crippen molar-refractivity contribution in [2.45, 2.75) is 20.4 Å². The fourth-order valence-electron chi connectivity index (χ4n) is 3.65. The first-order valence-electron chi connectivity index (χ1n) is 9.44. The van der Waals surface area contributed by atoms with Gasteiger partial charge in [0.25, 0.3) is 11.8 Å². The van der Waals surface area contributed by atoms with Crippen molar-refractivity contribution in [3.05, 3.63) is 88.2 Å². The van der Waals surface area contributed by atoms with E-state index in [0.29, 0.717) is 16.7 Å². The molecule has 0 saturated heterocycles. The Morgan fingerprint density at radius 3 is 2.28 bits per heavy atom. The molecule has 0 saturated carbocycles. The number of amides is 2. The van der Waals surface area contributed by atoms with Crippen molar-refractivity contribution in [3.63, 3.8) is 0 Å². The lowest BCUT2D eigenvalue weighted by atomic mass is 9.91. The maximum atomic E-state index is 13.4. The summed E-state index contributed by atoms with van der Waals surface area (Å²) < 4.78 is 5.18.